The summed E-state index contributed by atoms with van der Waals surface area (Å²) >= 11 is 17.8. The zero-order valence-electron chi connectivity index (χ0n) is 10.9. The van der Waals surface area contributed by atoms with Crippen LogP contribution in [0.1, 0.15) is 6.42 Å². The van der Waals surface area contributed by atoms with E-state index in [9.17, 15) is 4.79 Å². The van der Waals surface area contributed by atoms with Gasteiger partial charge < -0.3 is 10.1 Å². The van der Waals surface area contributed by atoms with Crippen molar-refractivity contribution in [1.82, 2.24) is 0 Å². The summed E-state index contributed by atoms with van der Waals surface area (Å²) in [6.07, 6.45) is 0.185. The van der Waals surface area contributed by atoms with Crippen molar-refractivity contribution in [3.63, 3.8) is 0 Å². The van der Waals surface area contributed by atoms with Gasteiger partial charge in [0.05, 0.1) is 28.8 Å². The maximum absolute atomic E-state index is 11.9. The molecule has 0 fully saturated rings. The largest absolute Gasteiger partial charge is 0.493 e. The van der Waals surface area contributed by atoms with Crippen molar-refractivity contribution in [3.8, 4) is 5.75 Å². The van der Waals surface area contributed by atoms with Crippen molar-refractivity contribution in [1.29, 1.82) is 0 Å². The van der Waals surface area contributed by atoms with E-state index >= 15 is 0 Å². The van der Waals surface area contributed by atoms with E-state index in [1.807, 2.05) is 30.3 Å². The van der Waals surface area contributed by atoms with Crippen molar-refractivity contribution in [2.24, 2.45) is 0 Å². The van der Waals surface area contributed by atoms with Crippen LogP contribution in [0.25, 0.3) is 0 Å². The molecule has 0 aliphatic heterocycles. The van der Waals surface area contributed by atoms with E-state index in [-0.39, 0.29) is 18.9 Å². The summed E-state index contributed by atoms with van der Waals surface area (Å²) in [4.78, 5) is 11.9. The van der Waals surface area contributed by atoms with Crippen molar-refractivity contribution in [3.05, 3.63) is 57.5 Å². The highest BCUT2D eigenvalue weighted by Gasteiger charge is 2.11. The summed E-state index contributed by atoms with van der Waals surface area (Å²) in [7, 11) is 0. The van der Waals surface area contributed by atoms with Crippen molar-refractivity contribution < 1.29 is 9.53 Å². The Hall–Kier alpha value is -1.42. The Bertz CT molecular complexity index is 609. The smallest absolute Gasteiger partial charge is 0.227 e. The first kappa shape index (κ1) is 16.0. The van der Waals surface area contributed by atoms with Gasteiger partial charge in [-0.15, -0.1) is 0 Å². The van der Waals surface area contributed by atoms with Gasteiger partial charge in [-0.25, -0.2) is 0 Å². The van der Waals surface area contributed by atoms with E-state index in [1.54, 1.807) is 0 Å². The topological polar surface area (TPSA) is 38.3 Å². The average molecular weight is 345 g/mol. The lowest BCUT2D eigenvalue weighted by Gasteiger charge is -2.10. The molecule has 3 nitrogen and oxygen atoms in total. The molecule has 0 unspecified atom stereocenters. The second-order valence-corrected chi connectivity index (χ2v) is 5.45. The van der Waals surface area contributed by atoms with Crippen LogP contribution >= 0.6 is 34.8 Å². The van der Waals surface area contributed by atoms with Crippen LogP contribution in [0.15, 0.2) is 42.5 Å². The number of halogens is 3. The molecular formula is C15H12Cl3NO2. The van der Waals surface area contributed by atoms with Crippen LogP contribution in [-0.2, 0) is 4.79 Å². The molecule has 0 radical (unpaired) electrons. The number of benzene rings is 2. The third-order valence-electron chi connectivity index (χ3n) is 2.61. The first-order chi connectivity index (χ1) is 10.1. The molecular weight excluding hydrogens is 333 g/mol. The number of para-hydroxylation sites is 1. The van der Waals surface area contributed by atoms with Crippen molar-refractivity contribution in [2.75, 3.05) is 11.9 Å². The fraction of sp³-hybridized carbons (Fsp3) is 0.133. The zero-order valence-corrected chi connectivity index (χ0v) is 13.2. The zero-order chi connectivity index (χ0) is 15.2. The van der Waals surface area contributed by atoms with Gasteiger partial charge in [-0.1, -0.05) is 53.0 Å². The Labute approximate surface area is 137 Å². The van der Waals surface area contributed by atoms with Crippen LogP contribution in [0.2, 0.25) is 15.1 Å². The van der Waals surface area contributed by atoms with Gasteiger partial charge in [-0.05, 0) is 24.3 Å². The molecule has 6 heteroatoms. The lowest BCUT2D eigenvalue weighted by Crippen LogP contribution is -2.15. The van der Waals surface area contributed by atoms with Gasteiger partial charge in [0.25, 0.3) is 0 Å². The predicted molar refractivity (Wildman–Crippen MR) is 86.7 cm³/mol. The van der Waals surface area contributed by atoms with E-state index in [4.69, 9.17) is 39.5 Å². The molecule has 0 saturated carbocycles. The molecule has 1 amide bonds. The molecule has 2 aromatic carbocycles. The minimum absolute atomic E-state index is 0.185. The molecule has 0 bridgehead atoms. The number of hydrogen-bond donors (Lipinski definition) is 1. The van der Waals surface area contributed by atoms with E-state index in [1.165, 1.54) is 12.1 Å². The van der Waals surface area contributed by atoms with Gasteiger partial charge in [0.1, 0.15) is 5.75 Å². The summed E-state index contributed by atoms with van der Waals surface area (Å²) in [5.74, 6) is 0.477. The molecule has 21 heavy (non-hydrogen) atoms. The highest BCUT2D eigenvalue weighted by molar-refractivity contribution is 6.42. The van der Waals surface area contributed by atoms with Gasteiger partial charge in [-0.3, -0.25) is 4.79 Å². The number of carbonyl (C=O) groups is 1. The number of rotatable bonds is 5. The molecule has 2 aromatic rings. The summed E-state index contributed by atoms with van der Waals surface area (Å²) in [6, 6.07) is 12.3. The molecule has 0 aliphatic carbocycles. The Morgan fingerprint density at radius 2 is 1.67 bits per heavy atom. The number of anilines is 1. The standard InChI is InChI=1S/C15H12Cl3NO2/c16-10-8-12(17)15(13(18)9-10)19-14(20)6-7-21-11-4-2-1-3-5-11/h1-5,8-9H,6-7H2,(H,19,20). The maximum Gasteiger partial charge on any atom is 0.227 e. The van der Waals surface area contributed by atoms with Gasteiger partial charge in [0.15, 0.2) is 0 Å². The van der Waals surface area contributed by atoms with Crippen molar-refractivity contribution >= 4 is 46.4 Å². The SMILES string of the molecule is O=C(CCOc1ccccc1)Nc1c(Cl)cc(Cl)cc1Cl. The van der Waals surface area contributed by atoms with E-state index in [2.05, 4.69) is 5.32 Å². The number of hydrogen-bond acceptors (Lipinski definition) is 2. The molecule has 0 aliphatic rings. The van der Waals surface area contributed by atoms with Crippen LogP contribution in [-0.4, -0.2) is 12.5 Å². The highest BCUT2D eigenvalue weighted by atomic mass is 35.5. The first-order valence-corrected chi connectivity index (χ1v) is 7.32. The van der Waals surface area contributed by atoms with E-state index < -0.39 is 0 Å². The maximum atomic E-state index is 11.9. The minimum atomic E-state index is -0.239. The van der Waals surface area contributed by atoms with Crippen LogP contribution in [0, 0.1) is 0 Å². The molecule has 0 atom stereocenters. The van der Waals surface area contributed by atoms with Gasteiger partial charge >= 0.3 is 0 Å². The highest BCUT2D eigenvalue weighted by Crippen LogP contribution is 2.33. The summed E-state index contributed by atoms with van der Waals surface area (Å²) in [5.41, 5.74) is 0.354. The van der Waals surface area contributed by atoms with E-state index in [0.717, 1.165) is 0 Å². The number of nitrogens with one attached hydrogen (secondary N) is 1. The van der Waals surface area contributed by atoms with Crippen LogP contribution in [0.5, 0.6) is 5.75 Å². The van der Waals surface area contributed by atoms with Crippen LogP contribution < -0.4 is 10.1 Å². The fourth-order valence-electron chi connectivity index (χ4n) is 1.64. The van der Waals surface area contributed by atoms with Gasteiger partial charge in [0, 0.05) is 5.02 Å². The van der Waals surface area contributed by atoms with Gasteiger partial charge in [0.2, 0.25) is 5.91 Å². The lowest BCUT2D eigenvalue weighted by atomic mass is 10.3. The summed E-state index contributed by atoms with van der Waals surface area (Å²) in [5, 5.41) is 3.66. The Balaban J connectivity index is 1.88. The Morgan fingerprint density at radius 3 is 2.29 bits per heavy atom. The number of amides is 1. The molecule has 0 heterocycles. The molecule has 0 aromatic heterocycles. The predicted octanol–water partition coefficient (Wildman–Crippen LogP) is 5.05. The number of carbonyl (C=O) groups excluding carboxylic acids is 1. The Morgan fingerprint density at radius 1 is 1.05 bits per heavy atom. The third kappa shape index (κ3) is 4.81. The molecule has 2 rings (SSSR count). The average Bonchev–Trinajstić information content (AvgIpc) is 2.44. The first-order valence-electron chi connectivity index (χ1n) is 6.18. The molecule has 0 saturated heterocycles. The fourth-order valence-corrected chi connectivity index (χ4v) is 2.55. The van der Waals surface area contributed by atoms with Crippen molar-refractivity contribution in [2.45, 2.75) is 6.42 Å². The quantitative estimate of drug-likeness (QED) is 0.824. The monoisotopic (exact) mass is 343 g/mol. The normalized spacial score (nSPS) is 10.2. The minimum Gasteiger partial charge on any atom is -0.493 e. The Kier molecular flexibility index (Phi) is 5.74. The number of ether oxygens (including phenoxy) is 1. The van der Waals surface area contributed by atoms with Gasteiger partial charge in [-0.2, -0.15) is 0 Å². The lowest BCUT2D eigenvalue weighted by molar-refractivity contribution is -0.116. The van der Waals surface area contributed by atoms with Crippen LogP contribution in [0.3, 0.4) is 0 Å². The second-order valence-electron chi connectivity index (χ2n) is 4.20. The summed E-state index contributed by atoms with van der Waals surface area (Å²) < 4.78 is 5.45. The molecule has 0 spiro atoms. The second kappa shape index (κ2) is 7.55. The van der Waals surface area contributed by atoms with Crippen LogP contribution in [0.4, 0.5) is 5.69 Å². The molecule has 110 valence electrons. The summed E-state index contributed by atoms with van der Waals surface area (Å²) in [6.45, 7) is 0.263. The van der Waals surface area contributed by atoms with E-state index in [0.29, 0.717) is 26.5 Å². The molecule has 1 N–H and O–H groups in total. The third-order valence-corrected chi connectivity index (χ3v) is 3.43.